The molecule has 6 nitrogen and oxygen atoms in total. The average molecular weight is 495 g/mol. The zero-order chi connectivity index (χ0) is 23.8. The summed E-state index contributed by atoms with van der Waals surface area (Å²) in [5.74, 6) is -0.273. The maximum Gasteiger partial charge on any atom is 0.162 e. The monoisotopic (exact) mass is 494 g/mol. The quantitative estimate of drug-likeness (QED) is 0.663. The van der Waals surface area contributed by atoms with Gasteiger partial charge in [-0.05, 0) is 35.6 Å². The molecule has 2 aromatic carbocycles. The lowest BCUT2D eigenvalue weighted by molar-refractivity contribution is -0.117. The number of nitrogens with zero attached hydrogens (tertiary/aromatic N) is 3. The maximum atomic E-state index is 13.8. The van der Waals surface area contributed by atoms with Gasteiger partial charge in [0.1, 0.15) is 5.82 Å². The van der Waals surface area contributed by atoms with Gasteiger partial charge in [-0.25, -0.2) is 5.01 Å². The summed E-state index contributed by atoms with van der Waals surface area (Å²) in [6, 6.07) is 17.5. The molecule has 0 amide bonds. The van der Waals surface area contributed by atoms with Crippen molar-refractivity contribution < 1.29 is 9.53 Å². The first kappa shape index (κ1) is 22.9. The van der Waals surface area contributed by atoms with Crippen molar-refractivity contribution in [2.45, 2.75) is 24.7 Å². The summed E-state index contributed by atoms with van der Waals surface area (Å²) in [5, 5.41) is 15.1. The fourth-order valence-electron chi connectivity index (χ4n) is 5.20. The number of hydrogen-bond acceptors (Lipinski definition) is 6. The highest BCUT2D eigenvalue weighted by molar-refractivity contribution is 6.35. The summed E-state index contributed by atoms with van der Waals surface area (Å²) in [6.45, 7) is 2.34. The molecule has 2 aromatic rings. The Hall–Kier alpha value is -2.82. The Morgan fingerprint density at radius 3 is 2.47 bits per heavy atom. The van der Waals surface area contributed by atoms with Gasteiger partial charge in [-0.3, -0.25) is 9.80 Å². The van der Waals surface area contributed by atoms with Gasteiger partial charge >= 0.3 is 0 Å². The SMILES string of the molecule is N#CC1=C(N)N(N2CCOCC2)C2=C(C(=O)C[C@@H](c3ccccc3)C2)[C@@H]1c1ccc(Cl)cc1Cl. The van der Waals surface area contributed by atoms with Gasteiger partial charge in [0, 0.05) is 40.8 Å². The molecule has 2 atom stereocenters. The normalized spacial score (nSPS) is 23.7. The topological polar surface area (TPSA) is 82.6 Å². The van der Waals surface area contributed by atoms with Crippen molar-refractivity contribution in [3.63, 3.8) is 0 Å². The third-order valence-electron chi connectivity index (χ3n) is 6.76. The smallest absolute Gasteiger partial charge is 0.162 e. The van der Waals surface area contributed by atoms with E-state index < -0.39 is 5.92 Å². The molecular formula is C26H24Cl2N4O2. The summed E-state index contributed by atoms with van der Waals surface area (Å²) in [5.41, 5.74) is 10.2. The van der Waals surface area contributed by atoms with E-state index in [-0.39, 0.29) is 11.7 Å². The second-order valence-corrected chi connectivity index (χ2v) is 9.53. The number of ketones is 1. The molecule has 0 unspecified atom stereocenters. The van der Waals surface area contributed by atoms with E-state index in [9.17, 15) is 10.1 Å². The highest BCUT2D eigenvalue weighted by Gasteiger charge is 2.44. The Labute approximate surface area is 208 Å². The molecule has 2 aliphatic heterocycles. The molecule has 0 saturated carbocycles. The minimum absolute atomic E-state index is 0.00429. The summed E-state index contributed by atoms with van der Waals surface area (Å²) in [6.07, 6.45) is 0.990. The molecule has 8 heteroatoms. The zero-order valence-corrected chi connectivity index (χ0v) is 20.0. The number of halogens is 2. The van der Waals surface area contributed by atoms with Crippen molar-refractivity contribution in [2.24, 2.45) is 5.73 Å². The molecule has 2 N–H and O–H groups in total. The number of Topliss-reactive ketones (excluding diaryl/α,β-unsaturated/α-hetero) is 1. The predicted molar refractivity (Wildman–Crippen MR) is 131 cm³/mol. The highest BCUT2D eigenvalue weighted by atomic mass is 35.5. The Bertz CT molecular complexity index is 1230. The van der Waals surface area contributed by atoms with Gasteiger partial charge in [-0.1, -0.05) is 59.6 Å². The van der Waals surface area contributed by atoms with Crippen LogP contribution in [0.4, 0.5) is 0 Å². The van der Waals surface area contributed by atoms with Gasteiger partial charge in [0.2, 0.25) is 0 Å². The van der Waals surface area contributed by atoms with Crippen molar-refractivity contribution in [3.8, 4) is 6.07 Å². The van der Waals surface area contributed by atoms with Crippen LogP contribution in [0.1, 0.15) is 35.8 Å². The number of hydrogen-bond donors (Lipinski definition) is 1. The fourth-order valence-corrected chi connectivity index (χ4v) is 5.71. The molecule has 0 aromatic heterocycles. The van der Waals surface area contributed by atoms with Gasteiger partial charge in [0.25, 0.3) is 0 Å². The van der Waals surface area contributed by atoms with E-state index in [2.05, 4.69) is 23.2 Å². The number of nitrogens with two attached hydrogens (primary N) is 1. The molecule has 0 radical (unpaired) electrons. The second-order valence-electron chi connectivity index (χ2n) is 8.69. The Kier molecular flexibility index (Phi) is 6.37. The van der Waals surface area contributed by atoms with E-state index in [0.29, 0.717) is 71.7 Å². The first-order valence-electron chi connectivity index (χ1n) is 11.3. The first-order valence-corrected chi connectivity index (χ1v) is 12.0. The molecule has 174 valence electrons. The van der Waals surface area contributed by atoms with E-state index in [1.807, 2.05) is 23.2 Å². The van der Waals surface area contributed by atoms with E-state index in [1.165, 1.54) is 0 Å². The average Bonchev–Trinajstić information content (AvgIpc) is 2.84. The molecular weight excluding hydrogens is 471 g/mol. The maximum absolute atomic E-state index is 13.8. The molecule has 1 aliphatic carbocycles. The lowest BCUT2D eigenvalue weighted by atomic mass is 9.72. The lowest BCUT2D eigenvalue weighted by Gasteiger charge is -2.47. The number of morpholine rings is 1. The minimum atomic E-state index is -0.633. The van der Waals surface area contributed by atoms with Crippen LogP contribution in [0.25, 0.3) is 0 Å². The molecule has 3 aliphatic rings. The Morgan fingerprint density at radius 1 is 1.06 bits per heavy atom. The third-order valence-corrected chi connectivity index (χ3v) is 7.32. The van der Waals surface area contributed by atoms with E-state index in [4.69, 9.17) is 33.7 Å². The van der Waals surface area contributed by atoms with Crippen LogP contribution < -0.4 is 5.73 Å². The molecule has 5 rings (SSSR count). The first-order chi connectivity index (χ1) is 16.5. The number of ether oxygens (including phenoxy) is 1. The summed E-state index contributed by atoms with van der Waals surface area (Å²) in [4.78, 5) is 13.8. The predicted octanol–water partition coefficient (Wildman–Crippen LogP) is 4.73. The van der Waals surface area contributed by atoms with Gasteiger partial charge in [-0.2, -0.15) is 5.26 Å². The molecule has 1 saturated heterocycles. The Balaban J connectivity index is 1.69. The minimum Gasteiger partial charge on any atom is -0.383 e. The molecule has 1 fully saturated rings. The van der Waals surface area contributed by atoms with E-state index in [1.54, 1.807) is 18.2 Å². The number of carbonyl (C=O) groups excluding carboxylic acids is 1. The Morgan fingerprint density at radius 2 is 1.79 bits per heavy atom. The zero-order valence-electron chi connectivity index (χ0n) is 18.5. The van der Waals surface area contributed by atoms with Gasteiger partial charge in [-0.15, -0.1) is 0 Å². The highest BCUT2D eigenvalue weighted by Crippen LogP contribution is 2.49. The van der Waals surface area contributed by atoms with E-state index in [0.717, 1.165) is 11.3 Å². The van der Waals surface area contributed by atoms with Crippen molar-refractivity contribution in [3.05, 3.63) is 92.4 Å². The lowest BCUT2D eigenvalue weighted by Crippen LogP contribution is -2.52. The van der Waals surface area contributed by atoms with Crippen LogP contribution in [-0.4, -0.2) is 42.1 Å². The van der Waals surface area contributed by atoms with Crippen LogP contribution >= 0.6 is 23.2 Å². The number of allylic oxidation sites excluding steroid dienone is 3. The van der Waals surface area contributed by atoms with Gasteiger partial charge in [0.15, 0.2) is 5.78 Å². The van der Waals surface area contributed by atoms with Crippen LogP contribution in [0, 0.1) is 11.3 Å². The van der Waals surface area contributed by atoms with Crippen molar-refractivity contribution >= 4 is 29.0 Å². The number of hydrazine groups is 1. The second kappa shape index (κ2) is 9.44. The number of benzene rings is 2. The van der Waals surface area contributed by atoms with Crippen LogP contribution in [0.15, 0.2) is 71.2 Å². The van der Waals surface area contributed by atoms with Crippen LogP contribution in [0.3, 0.4) is 0 Å². The summed E-state index contributed by atoms with van der Waals surface area (Å²) >= 11 is 12.7. The van der Waals surface area contributed by atoms with E-state index >= 15 is 0 Å². The molecule has 34 heavy (non-hydrogen) atoms. The van der Waals surface area contributed by atoms with Crippen molar-refractivity contribution in [1.82, 2.24) is 10.0 Å². The van der Waals surface area contributed by atoms with Gasteiger partial charge in [0.05, 0.1) is 30.8 Å². The van der Waals surface area contributed by atoms with Crippen molar-refractivity contribution in [1.29, 1.82) is 5.26 Å². The molecule has 0 bridgehead atoms. The number of nitriles is 1. The summed E-state index contributed by atoms with van der Waals surface area (Å²) in [7, 11) is 0. The van der Waals surface area contributed by atoms with Crippen LogP contribution in [0.2, 0.25) is 10.0 Å². The third kappa shape index (κ3) is 3.99. The van der Waals surface area contributed by atoms with Crippen LogP contribution in [0.5, 0.6) is 0 Å². The number of rotatable bonds is 3. The summed E-state index contributed by atoms with van der Waals surface area (Å²) < 4.78 is 5.54. The van der Waals surface area contributed by atoms with Gasteiger partial charge < -0.3 is 10.5 Å². The van der Waals surface area contributed by atoms with Crippen molar-refractivity contribution in [2.75, 3.05) is 26.3 Å². The number of carbonyl (C=O) groups is 1. The van der Waals surface area contributed by atoms with Crippen LogP contribution in [-0.2, 0) is 9.53 Å². The standard InChI is InChI=1S/C26H24Cl2N4O2/c27-18-6-7-19(21(28)14-18)24-20(15-29)26(30)32(31-8-10-34-11-9-31)22-12-17(13-23(33)25(22)24)16-4-2-1-3-5-16/h1-7,14,17,24H,8-13,30H2/t17-,24+/m0/s1. The molecule has 0 spiro atoms. The largest absolute Gasteiger partial charge is 0.383 e. The fraction of sp³-hybridized carbons (Fsp3) is 0.308. The molecule has 2 heterocycles.